The maximum atomic E-state index is 11.5. The largest absolute Gasteiger partial charge is 0.354 e. The molecular formula is C9H8N4O3. The number of aromatic amines is 1. The lowest BCUT2D eigenvalue weighted by atomic mass is 10.2. The number of carbonyl (C=O) groups is 1. The molecule has 0 radical (unpaired) electrons. The molecule has 0 bridgehead atoms. The van der Waals surface area contributed by atoms with Crippen molar-refractivity contribution < 1.29 is 4.79 Å². The smallest absolute Gasteiger partial charge is 0.328 e. The number of hydrogen-bond donors (Lipinski definition) is 2. The monoisotopic (exact) mass is 220 g/mol. The number of rotatable bonds is 1. The van der Waals surface area contributed by atoms with Crippen molar-refractivity contribution in [2.45, 2.75) is 12.5 Å². The Hall–Kier alpha value is -2.36. The standard InChI is InChI=1S/C9H8N4O3/c10-2-5-4-13(9(16)12-8(5)15)6-1-7(14)11-3-6/h4,6H,1,3H2,(H,11,14)(H,12,15,16). The fourth-order valence-electron chi connectivity index (χ4n) is 1.62. The second-order valence-electron chi connectivity index (χ2n) is 3.48. The van der Waals surface area contributed by atoms with Crippen molar-refractivity contribution in [2.24, 2.45) is 0 Å². The first-order chi connectivity index (χ1) is 7.61. The quantitative estimate of drug-likeness (QED) is 0.598. The fourth-order valence-corrected chi connectivity index (χ4v) is 1.62. The molecule has 0 spiro atoms. The second-order valence-corrected chi connectivity index (χ2v) is 3.48. The number of nitrogens with one attached hydrogen (secondary N) is 2. The summed E-state index contributed by atoms with van der Waals surface area (Å²) in [6, 6.07) is 1.35. The van der Waals surface area contributed by atoms with Crippen LogP contribution in [0.2, 0.25) is 0 Å². The van der Waals surface area contributed by atoms with E-state index < -0.39 is 11.2 Å². The highest BCUT2D eigenvalue weighted by atomic mass is 16.2. The summed E-state index contributed by atoms with van der Waals surface area (Å²) in [5.41, 5.74) is -1.45. The Kier molecular flexibility index (Phi) is 2.32. The van der Waals surface area contributed by atoms with Crippen molar-refractivity contribution in [3.05, 3.63) is 32.6 Å². The Bertz CT molecular complexity index is 592. The van der Waals surface area contributed by atoms with E-state index >= 15 is 0 Å². The maximum absolute atomic E-state index is 11.5. The minimum atomic E-state index is -0.707. The van der Waals surface area contributed by atoms with Crippen LogP contribution in [0.15, 0.2) is 15.8 Å². The fraction of sp³-hybridized carbons (Fsp3) is 0.333. The average molecular weight is 220 g/mol. The molecule has 1 aromatic heterocycles. The highest BCUT2D eigenvalue weighted by Gasteiger charge is 2.24. The van der Waals surface area contributed by atoms with Crippen LogP contribution < -0.4 is 16.6 Å². The second kappa shape index (κ2) is 3.66. The summed E-state index contributed by atoms with van der Waals surface area (Å²) in [4.78, 5) is 35.6. The lowest BCUT2D eigenvalue weighted by Gasteiger charge is -2.10. The molecule has 1 aliphatic rings. The van der Waals surface area contributed by atoms with Gasteiger partial charge in [-0.05, 0) is 0 Å². The summed E-state index contributed by atoms with van der Waals surface area (Å²) >= 11 is 0. The molecule has 0 saturated carbocycles. The van der Waals surface area contributed by atoms with E-state index in [0.717, 1.165) is 0 Å². The number of nitriles is 1. The van der Waals surface area contributed by atoms with Crippen LogP contribution in [-0.2, 0) is 4.79 Å². The van der Waals surface area contributed by atoms with E-state index in [1.165, 1.54) is 10.8 Å². The Morgan fingerprint density at radius 2 is 2.19 bits per heavy atom. The zero-order valence-electron chi connectivity index (χ0n) is 8.19. The summed E-state index contributed by atoms with van der Waals surface area (Å²) in [7, 11) is 0. The van der Waals surface area contributed by atoms with Crippen molar-refractivity contribution in [1.29, 1.82) is 5.26 Å². The average Bonchev–Trinajstić information content (AvgIpc) is 2.65. The molecule has 2 heterocycles. The van der Waals surface area contributed by atoms with E-state index in [1.807, 2.05) is 4.98 Å². The van der Waals surface area contributed by atoms with Gasteiger partial charge in [-0.3, -0.25) is 19.1 Å². The Morgan fingerprint density at radius 3 is 2.75 bits per heavy atom. The van der Waals surface area contributed by atoms with Crippen molar-refractivity contribution >= 4 is 5.91 Å². The van der Waals surface area contributed by atoms with E-state index in [0.29, 0.717) is 6.54 Å². The Balaban J connectivity index is 2.50. The van der Waals surface area contributed by atoms with Gasteiger partial charge >= 0.3 is 5.69 Å². The first kappa shape index (κ1) is 10.2. The van der Waals surface area contributed by atoms with Gasteiger partial charge in [0.15, 0.2) is 0 Å². The lowest BCUT2D eigenvalue weighted by molar-refractivity contribution is -0.119. The molecule has 1 amide bonds. The molecular weight excluding hydrogens is 212 g/mol. The zero-order chi connectivity index (χ0) is 11.7. The number of nitrogens with zero attached hydrogens (tertiary/aromatic N) is 2. The molecule has 7 nitrogen and oxygen atoms in total. The lowest BCUT2D eigenvalue weighted by Crippen LogP contribution is -2.34. The van der Waals surface area contributed by atoms with Crippen molar-refractivity contribution in [2.75, 3.05) is 6.54 Å². The molecule has 1 aliphatic heterocycles. The van der Waals surface area contributed by atoms with Crippen LogP contribution in [-0.4, -0.2) is 22.0 Å². The number of carbonyl (C=O) groups excluding carboxylic acids is 1. The number of amides is 1. The summed E-state index contributed by atoms with van der Waals surface area (Å²) in [5.74, 6) is -0.151. The highest BCUT2D eigenvalue weighted by Crippen LogP contribution is 2.12. The first-order valence-corrected chi connectivity index (χ1v) is 4.64. The third-order valence-corrected chi connectivity index (χ3v) is 2.44. The molecule has 82 valence electrons. The predicted octanol–water partition coefficient (Wildman–Crippen LogP) is -1.53. The van der Waals surface area contributed by atoms with Crippen LogP contribution in [0.1, 0.15) is 18.0 Å². The summed E-state index contributed by atoms with van der Waals surface area (Å²) in [6.07, 6.45) is 1.36. The van der Waals surface area contributed by atoms with Crippen LogP contribution in [0.5, 0.6) is 0 Å². The van der Waals surface area contributed by atoms with Gasteiger partial charge in [0.1, 0.15) is 11.6 Å². The minimum Gasteiger partial charge on any atom is -0.354 e. The summed E-state index contributed by atoms with van der Waals surface area (Å²) < 4.78 is 1.21. The molecule has 1 unspecified atom stereocenters. The van der Waals surface area contributed by atoms with Gasteiger partial charge in [-0.15, -0.1) is 0 Å². The third-order valence-electron chi connectivity index (χ3n) is 2.44. The van der Waals surface area contributed by atoms with Gasteiger partial charge in [-0.25, -0.2) is 4.79 Å². The van der Waals surface area contributed by atoms with Crippen LogP contribution >= 0.6 is 0 Å². The van der Waals surface area contributed by atoms with Crippen LogP contribution in [0.3, 0.4) is 0 Å². The highest BCUT2D eigenvalue weighted by molar-refractivity contribution is 5.78. The molecule has 2 rings (SSSR count). The van der Waals surface area contributed by atoms with Gasteiger partial charge in [-0.2, -0.15) is 5.26 Å². The molecule has 16 heavy (non-hydrogen) atoms. The third kappa shape index (κ3) is 1.61. The van der Waals surface area contributed by atoms with Gasteiger partial charge in [0, 0.05) is 19.2 Å². The zero-order valence-corrected chi connectivity index (χ0v) is 8.19. The minimum absolute atomic E-state index is 0.140. The SMILES string of the molecule is N#Cc1cn(C2CNC(=O)C2)c(=O)[nH]c1=O. The van der Waals surface area contributed by atoms with E-state index in [9.17, 15) is 14.4 Å². The van der Waals surface area contributed by atoms with Crippen LogP contribution in [0, 0.1) is 11.3 Å². The van der Waals surface area contributed by atoms with Gasteiger partial charge < -0.3 is 5.32 Å². The van der Waals surface area contributed by atoms with Gasteiger partial charge in [0.05, 0.1) is 6.04 Å². The normalized spacial score (nSPS) is 19.2. The van der Waals surface area contributed by atoms with Crippen LogP contribution in [0.25, 0.3) is 0 Å². The van der Waals surface area contributed by atoms with Gasteiger partial charge in [-0.1, -0.05) is 0 Å². The number of aromatic nitrogens is 2. The Morgan fingerprint density at radius 1 is 1.44 bits per heavy atom. The molecule has 1 aromatic rings. The molecule has 0 aliphatic carbocycles. The van der Waals surface area contributed by atoms with Gasteiger partial charge in [0.2, 0.25) is 5.91 Å². The molecule has 0 aromatic carbocycles. The summed E-state index contributed by atoms with van der Waals surface area (Å²) in [6.45, 7) is 0.329. The van der Waals surface area contributed by atoms with Crippen molar-refractivity contribution in [3.63, 3.8) is 0 Å². The predicted molar refractivity (Wildman–Crippen MR) is 52.7 cm³/mol. The van der Waals surface area contributed by atoms with E-state index in [4.69, 9.17) is 5.26 Å². The molecule has 2 N–H and O–H groups in total. The molecule has 7 heteroatoms. The number of hydrogen-bond acceptors (Lipinski definition) is 4. The van der Waals surface area contributed by atoms with Crippen molar-refractivity contribution in [3.8, 4) is 6.07 Å². The van der Waals surface area contributed by atoms with E-state index in [1.54, 1.807) is 6.07 Å². The van der Waals surface area contributed by atoms with Gasteiger partial charge in [0.25, 0.3) is 5.56 Å². The first-order valence-electron chi connectivity index (χ1n) is 4.64. The van der Waals surface area contributed by atoms with Crippen molar-refractivity contribution in [1.82, 2.24) is 14.9 Å². The van der Waals surface area contributed by atoms with Crippen LogP contribution in [0.4, 0.5) is 0 Å². The summed E-state index contributed by atoms with van der Waals surface area (Å²) in [5, 5.41) is 11.2. The Labute approximate surface area is 89.3 Å². The van der Waals surface area contributed by atoms with E-state index in [2.05, 4.69) is 5.32 Å². The van der Waals surface area contributed by atoms with E-state index in [-0.39, 0.29) is 23.9 Å². The maximum Gasteiger partial charge on any atom is 0.328 e. The molecule has 1 atom stereocenters. The topological polar surface area (TPSA) is 108 Å². The molecule has 1 saturated heterocycles. The molecule has 1 fully saturated rings. The number of H-pyrrole nitrogens is 1.